The summed E-state index contributed by atoms with van der Waals surface area (Å²) in [4.78, 5) is 11.3. The van der Waals surface area contributed by atoms with Crippen LogP contribution in [0.2, 0.25) is 0 Å². The SMILES string of the molecule is CC(=O)OC1(C)CCCCC1Nc1ccccc1. The molecular formula is C15H21NO2. The molecule has 0 amide bonds. The van der Waals surface area contributed by atoms with Gasteiger partial charge >= 0.3 is 5.97 Å². The van der Waals surface area contributed by atoms with E-state index in [2.05, 4.69) is 5.32 Å². The molecule has 3 heteroatoms. The van der Waals surface area contributed by atoms with Gasteiger partial charge < -0.3 is 10.1 Å². The van der Waals surface area contributed by atoms with Gasteiger partial charge in [-0.15, -0.1) is 0 Å². The van der Waals surface area contributed by atoms with Gasteiger partial charge in [0.25, 0.3) is 0 Å². The largest absolute Gasteiger partial charge is 0.457 e. The molecule has 1 fully saturated rings. The molecule has 1 aliphatic carbocycles. The average Bonchev–Trinajstić information content (AvgIpc) is 2.32. The Morgan fingerprint density at radius 3 is 2.72 bits per heavy atom. The number of hydrogen-bond acceptors (Lipinski definition) is 3. The Morgan fingerprint density at radius 1 is 1.33 bits per heavy atom. The Morgan fingerprint density at radius 2 is 2.06 bits per heavy atom. The number of anilines is 1. The second-order valence-corrected chi connectivity index (χ2v) is 5.22. The summed E-state index contributed by atoms with van der Waals surface area (Å²) in [5, 5.41) is 3.50. The van der Waals surface area contributed by atoms with E-state index in [0.717, 1.165) is 24.9 Å². The van der Waals surface area contributed by atoms with Crippen LogP contribution < -0.4 is 5.32 Å². The molecule has 1 aliphatic rings. The summed E-state index contributed by atoms with van der Waals surface area (Å²) in [7, 11) is 0. The number of benzene rings is 1. The molecule has 0 spiro atoms. The van der Waals surface area contributed by atoms with Crippen LogP contribution in [-0.4, -0.2) is 17.6 Å². The van der Waals surface area contributed by atoms with Crippen LogP contribution in [0, 0.1) is 0 Å². The summed E-state index contributed by atoms with van der Waals surface area (Å²) in [6, 6.07) is 10.3. The first-order valence-corrected chi connectivity index (χ1v) is 6.61. The van der Waals surface area contributed by atoms with Crippen molar-refractivity contribution in [3.8, 4) is 0 Å². The highest BCUT2D eigenvalue weighted by atomic mass is 16.6. The number of para-hydroxylation sites is 1. The second-order valence-electron chi connectivity index (χ2n) is 5.22. The molecule has 0 aromatic heterocycles. The van der Waals surface area contributed by atoms with Gasteiger partial charge in [-0.1, -0.05) is 24.6 Å². The zero-order valence-corrected chi connectivity index (χ0v) is 11.1. The minimum absolute atomic E-state index is 0.192. The van der Waals surface area contributed by atoms with Crippen LogP contribution in [0.1, 0.15) is 39.5 Å². The Balaban J connectivity index is 2.10. The van der Waals surface area contributed by atoms with Crippen LogP contribution in [0.15, 0.2) is 30.3 Å². The predicted molar refractivity (Wildman–Crippen MR) is 72.5 cm³/mol. The summed E-state index contributed by atoms with van der Waals surface area (Å²) >= 11 is 0. The van der Waals surface area contributed by atoms with Gasteiger partial charge in [-0.25, -0.2) is 0 Å². The zero-order valence-electron chi connectivity index (χ0n) is 11.1. The molecule has 1 saturated carbocycles. The van der Waals surface area contributed by atoms with Gasteiger partial charge in [0.05, 0.1) is 6.04 Å². The van der Waals surface area contributed by atoms with Gasteiger partial charge in [-0.2, -0.15) is 0 Å². The lowest BCUT2D eigenvalue weighted by Gasteiger charge is -2.41. The highest BCUT2D eigenvalue weighted by Crippen LogP contribution is 2.33. The van der Waals surface area contributed by atoms with E-state index >= 15 is 0 Å². The van der Waals surface area contributed by atoms with Crippen LogP contribution in [-0.2, 0) is 9.53 Å². The van der Waals surface area contributed by atoms with Crippen LogP contribution in [0.5, 0.6) is 0 Å². The van der Waals surface area contributed by atoms with E-state index in [1.54, 1.807) is 0 Å². The van der Waals surface area contributed by atoms with Crippen molar-refractivity contribution in [2.45, 2.75) is 51.2 Å². The van der Waals surface area contributed by atoms with Gasteiger partial charge in [0.2, 0.25) is 0 Å². The van der Waals surface area contributed by atoms with Crippen molar-refractivity contribution in [3.05, 3.63) is 30.3 Å². The van der Waals surface area contributed by atoms with Gasteiger partial charge in [0.15, 0.2) is 0 Å². The summed E-state index contributed by atoms with van der Waals surface area (Å²) in [5.74, 6) is -0.195. The van der Waals surface area contributed by atoms with Crippen molar-refractivity contribution in [1.82, 2.24) is 0 Å². The number of carbonyl (C=O) groups is 1. The quantitative estimate of drug-likeness (QED) is 0.832. The molecule has 0 aliphatic heterocycles. The Kier molecular flexibility index (Phi) is 3.90. The maximum atomic E-state index is 11.3. The molecule has 1 N–H and O–H groups in total. The Labute approximate surface area is 109 Å². The highest BCUT2D eigenvalue weighted by Gasteiger charge is 2.39. The molecule has 2 rings (SSSR count). The fraction of sp³-hybridized carbons (Fsp3) is 0.533. The van der Waals surface area contributed by atoms with E-state index in [1.807, 2.05) is 37.3 Å². The number of nitrogens with one attached hydrogen (secondary N) is 1. The first-order chi connectivity index (χ1) is 8.60. The Bertz CT molecular complexity index is 404. The van der Waals surface area contributed by atoms with Crippen LogP contribution >= 0.6 is 0 Å². The first kappa shape index (κ1) is 12.9. The van der Waals surface area contributed by atoms with Crippen LogP contribution in [0.4, 0.5) is 5.69 Å². The first-order valence-electron chi connectivity index (χ1n) is 6.61. The molecule has 0 radical (unpaired) electrons. The van der Waals surface area contributed by atoms with Crippen molar-refractivity contribution < 1.29 is 9.53 Å². The fourth-order valence-electron chi connectivity index (χ4n) is 2.71. The molecule has 0 saturated heterocycles. The number of esters is 1. The van der Waals surface area contributed by atoms with E-state index in [-0.39, 0.29) is 17.6 Å². The maximum Gasteiger partial charge on any atom is 0.303 e. The second kappa shape index (κ2) is 5.42. The minimum atomic E-state index is -0.389. The monoisotopic (exact) mass is 247 g/mol. The molecular weight excluding hydrogens is 226 g/mol. The molecule has 0 heterocycles. The van der Waals surface area contributed by atoms with Crippen molar-refractivity contribution in [1.29, 1.82) is 0 Å². The molecule has 0 bridgehead atoms. The predicted octanol–water partition coefficient (Wildman–Crippen LogP) is 3.36. The van der Waals surface area contributed by atoms with Gasteiger partial charge in [-0.3, -0.25) is 4.79 Å². The van der Waals surface area contributed by atoms with Gasteiger partial charge in [0, 0.05) is 12.6 Å². The average molecular weight is 247 g/mol. The zero-order chi connectivity index (χ0) is 13.0. The lowest BCUT2D eigenvalue weighted by Crippen LogP contribution is -2.49. The Hall–Kier alpha value is -1.51. The van der Waals surface area contributed by atoms with Crippen LogP contribution in [0.25, 0.3) is 0 Å². The van der Waals surface area contributed by atoms with Crippen molar-refractivity contribution >= 4 is 11.7 Å². The lowest BCUT2D eigenvalue weighted by atomic mass is 9.81. The normalized spacial score (nSPS) is 27.6. The molecule has 18 heavy (non-hydrogen) atoms. The summed E-state index contributed by atoms with van der Waals surface area (Å²) in [5.41, 5.74) is 0.697. The van der Waals surface area contributed by atoms with Crippen molar-refractivity contribution in [2.75, 3.05) is 5.32 Å². The van der Waals surface area contributed by atoms with Crippen molar-refractivity contribution in [2.24, 2.45) is 0 Å². The molecule has 2 atom stereocenters. The number of hydrogen-bond donors (Lipinski definition) is 1. The van der Waals surface area contributed by atoms with E-state index in [4.69, 9.17) is 4.74 Å². The number of ether oxygens (including phenoxy) is 1. The minimum Gasteiger partial charge on any atom is -0.457 e. The van der Waals surface area contributed by atoms with E-state index in [0.29, 0.717) is 0 Å². The molecule has 1 aromatic carbocycles. The third-order valence-electron chi connectivity index (χ3n) is 3.64. The summed E-state index contributed by atoms with van der Waals surface area (Å²) < 4.78 is 5.56. The molecule has 2 unspecified atom stereocenters. The molecule has 3 nitrogen and oxygen atoms in total. The topological polar surface area (TPSA) is 38.3 Å². The summed E-state index contributed by atoms with van der Waals surface area (Å²) in [6.45, 7) is 3.52. The lowest BCUT2D eigenvalue weighted by molar-refractivity contribution is -0.159. The van der Waals surface area contributed by atoms with Crippen LogP contribution in [0.3, 0.4) is 0 Å². The fourth-order valence-corrected chi connectivity index (χ4v) is 2.71. The third kappa shape index (κ3) is 3.03. The standard InChI is InChI=1S/C15H21NO2/c1-12(17)18-15(2)11-7-6-10-14(15)16-13-8-4-3-5-9-13/h3-5,8-9,14,16H,6-7,10-11H2,1-2H3. The highest BCUT2D eigenvalue weighted by molar-refractivity contribution is 5.66. The molecule has 1 aromatic rings. The van der Waals surface area contributed by atoms with E-state index in [9.17, 15) is 4.79 Å². The molecule has 98 valence electrons. The third-order valence-corrected chi connectivity index (χ3v) is 3.64. The van der Waals surface area contributed by atoms with Gasteiger partial charge in [-0.05, 0) is 38.3 Å². The van der Waals surface area contributed by atoms with E-state index < -0.39 is 0 Å². The van der Waals surface area contributed by atoms with E-state index in [1.165, 1.54) is 13.3 Å². The van der Waals surface area contributed by atoms with Gasteiger partial charge in [0.1, 0.15) is 5.60 Å². The number of carbonyl (C=O) groups excluding carboxylic acids is 1. The smallest absolute Gasteiger partial charge is 0.303 e. The number of rotatable bonds is 3. The van der Waals surface area contributed by atoms with Crippen molar-refractivity contribution in [3.63, 3.8) is 0 Å². The maximum absolute atomic E-state index is 11.3. The summed E-state index contributed by atoms with van der Waals surface area (Å²) in [6.07, 6.45) is 4.27.